The number of hydrogen-bond acceptors (Lipinski definition) is 5. The molecule has 0 atom stereocenters. The molecule has 0 aliphatic heterocycles. The monoisotopic (exact) mass is 230 g/mol. The van der Waals surface area contributed by atoms with Crippen LogP contribution in [0.3, 0.4) is 0 Å². The molecule has 15 heavy (non-hydrogen) atoms. The molecule has 0 aliphatic carbocycles. The van der Waals surface area contributed by atoms with Crippen LogP contribution >= 0.6 is 0 Å². The van der Waals surface area contributed by atoms with Gasteiger partial charge in [-0.25, -0.2) is 10.1 Å². The Kier molecular flexibility index (Phi) is 3.00. The van der Waals surface area contributed by atoms with Crippen LogP contribution in [0.2, 0.25) is 0 Å². The van der Waals surface area contributed by atoms with Gasteiger partial charge >= 0.3 is 15.1 Å². The molecular weight excluding hydrogens is 224 g/mol. The third kappa shape index (κ3) is 2.74. The Balaban J connectivity index is 3.01. The van der Waals surface area contributed by atoms with Crippen molar-refractivity contribution in [2.45, 2.75) is 0 Å². The summed E-state index contributed by atoms with van der Waals surface area (Å²) in [4.78, 5) is 22.1. The van der Waals surface area contributed by atoms with Crippen LogP contribution in [-0.2, 0) is 10.0 Å². The van der Waals surface area contributed by atoms with Crippen LogP contribution in [0.4, 0.5) is 0 Å². The molecule has 80 valence electrons. The summed E-state index contributed by atoms with van der Waals surface area (Å²) < 4.78 is 22.1. The molecule has 0 spiro atoms. The molecule has 0 saturated heterocycles. The van der Waals surface area contributed by atoms with E-state index in [0.717, 1.165) is 4.83 Å². The highest BCUT2D eigenvalue weighted by atomic mass is 32.2. The van der Waals surface area contributed by atoms with Gasteiger partial charge in [0.05, 0.1) is 0 Å². The number of carbonyl (C=O) groups excluding carboxylic acids is 1. The average molecular weight is 230 g/mol. The van der Waals surface area contributed by atoms with Gasteiger partial charge in [-0.1, -0.05) is 30.3 Å². The van der Waals surface area contributed by atoms with Crippen LogP contribution in [-0.4, -0.2) is 18.6 Å². The molecule has 0 fully saturated rings. The van der Waals surface area contributed by atoms with E-state index in [2.05, 4.69) is 0 Å². The maximum Gasteiger partial charge on any atom is 0.349 e. The Morgan fingerprint density at radius 1 is 1.27 bits per heavy atom. The summed E-state index contributed by atoms with van der Waals surface area (Å²) in [6.07, 6.45) is 0. The predicted octanol–water partition coefficient (Wildman–Crippen LogP) is -0.0621. The molecule has 8 heteroatoms. The van der Waals surface area contributed by atoms with Crippen LogP contribution < -0.4 is 4.83 Å². The van der Waals surface area contributed by atoms with Crippen LogP contribution in [0.1, 0.15) is 10.4 Å². The topological polar surface area (TPSA) is 106 Å². The minimum Gasteiger partial charge on any atom is -0.274 e. The predicted molar refractivity (Wildman–Crippen MR) is 49.8 cm³/mol. The van der Waals surface area contributed by atoms with Crippen LogP contribution in [0, 0.1) is 10.1 Å². The van der Waals surface area contributed by atoms with Crippen LogP contribution in [0.5, 0.6) is 0 Å². The Bertz CT molecular complexity index is 481. The second kappa shape index (κ2) is 4.05. The first-order valence-corrected chi connectivity index (χ1v) is 5.18. The summed E-state index contributed by atoms with van der Waals surface area (Å²) in [6.45, 7) is 0. The van der Waals surface area contributed by atoms with Crippen molar-refractivity contribution >= 4 is 15.1 Å². The van der Waals surface area contributed by atoms with Crippen molar-refractivity contribution in [3.05, 3.63) is 46.0 Å². The quantitative estimate of drug-likeness (QED) is 0.578. The standard InChI is InChI=1S/C7H6N2O5S/c10-7(6-4-2-1-3-5-6)15(13,14)8-9(11)12/h1-5,8H. The van der Waals surface area contributed by atoms with E-state index >= 15 is 0 Å². The number of hydrazine groups is 1. The normalized spacial score (nSPS) is 10.7. The highest BCUT2D eigenvalue weighted by Crippen LogP contribution is 2.04. The van der Waals surface area contributed by atoms with Gasteiger partial charge in [-0.15, -0.1) is 0 Å². The number of nitro groups is 1. The summed E-state index contributed by atoms with van der Waals surface area (Å²) in [5.74, 6) is 0. The molecular formula is C7H6N2O5S. The zero-order chi connectivity index (χ0) is 11.5. The van der Waals surface area contributed by atoms with Crippen molar-refractivity contribution < 1.29 is 18.2 Å². The van der Waals surface area contributed by atoms with Gasteiger partial charge in [0.15, 0.2) is 5.03 Å². The molecule has 1 N–H and O–H groups in total. The van der Waals surface area contributed by atoms with E-state index in [1.807, 2.05) is 0 Å². The van der Waals surface area contributed by atoms with Gasteiger partial charge < -0.3 is 0 Å². The molecule has 0 aromatic heterocycles. The van der Waals surface area contributed by atoms with Crippen molar-refractivity contribution in [2.75, 3.05) is 0 Å². The zero-order valence-electron chi connectivity index (χ0n) is 7.28. The molecule has 7 nitrogen and oxygen atoms in total. The van der Waals surface area contributed by atoms with E-state index in [0.29, 0.717) is 0 Å². The van der Waals surface area contributed by atoms with Gasteiger partial charge in [-0.2, -0.15) is 8.42 Å². The largest absolute Gasteiger partial charge is 0.349 e. The lowest BCUT2D eigenvalue weighted by atomic mass is 10.2. The third-order valence-corrected chi connectivity index (χ3v) is 2.56. The highest BCUT2D eigenvalue weighted by molar-refractivity contribution is 8.04. The van der Waals surface area contributed by atoms with Gasteiger partial charge in [-0.3, -0.25) is 4.79 Å². The van der Waals surface area contributed by atoms with E-state index in [9.17, 15) is 23.3 Å². The van der Waals surface area contributed by atoms with Crippen molar-refractivity contribution in [3.8, 4) is 0 Å². The van der Waals surface area contributed by atoms with Crippen molar-refractivity contribution in [3.63, 3.8) is 0 Å². The third-order valence-electron chi connectivity index (χ3n) is 1.45. The van der Waals surface area contributed by atoms with Crippen LogP contribution in [0.15, 0.2) is 30.3 Å². The second-order valence-electron chi connectivity index (χ2n) is 2.51. The molecule has 0 aliphatic rings. The first-order valence-electron chi connectivity index (χ1n) is 3.70. The molecule has 0 saturated carbocycles. The number of sulfonamides is 1. The van der Waals surface area contributed by atoms with Gasteiger partial charge in [0.2, 0.25) is 0 Å². The number of hydrogen-bond donors (Lipinski definition) is 1. The van der Waals surface area contributed by atoms with E-state index < -0.39 is 20.2 Å². The van der Waals surface area contributed by atoms with Gasteiger partial charge in [0.25, 0.3) is 0 Å². The number of nitrogens with one attached hydrogen (secondary N) is 1. The van der Waals surface area contributed by atoms with Gasteiger partial charge in [0.1, 0.15) is 0 Å². The summed E-state index contributed by atoms with van der Waals surface area (Å²) in [5, 5.41) is 7.28. The Morgan fingerprint density at radius 3 is 2.27 bits per heavy atom. The lowest BCUT2D eigenvalue weighted by Gasteiger charge is -1.99. The zero-order valence-corrected chi connectivity index (χ0v) is 8.10. The average Bonchev–Trinajstić information content (AvgIpc) is 2.16. The molecule has 0 radical (unpaired) electrons. The van der Waals surface area contributed by atoms with Crippen LogP contribution in [0.25, 0.3) is 0 Å². The number of carbonyl (C=O) groups is 1. The number of benzene rings is 1. The summed E-state index contributed by atoms with van der Waals surface area (Å²) >= 11 is 0. The first-order chi connectivity index (χ1) is 6.93. The SMILES string of the molecule is O=C(c1ccccc1)S(=O)(=O)N[N+](=O)[O-]. The maximum atomic E-state index is 11.2. The van der Waals surface area contributed by atoms with E-state index in [4.69, 9.17) is 0 Å². The summed E-state index contributed by atoms with van der Waals surface area (Å²) in [7, 11) is -4.60. The molecule has 1 aromatic rings. The fraction of sp³-hybridized carbons (Fsp3) is 0. The molecule has 0 amide bonds. The van der Waals surface area contributed by atoms with E-state index in [1.54, 1.807) is 6.07 Å². The van der Waals surface area contributed by atoms with Crippen molar-refractivity contribution in [1.29, 1.82) is 0 Å². The minimum absolute atomic E-state index is 0.133. The number of rotatable bonds is 3. The molecule has 1 aromatic carbocycles. The summed E-state index contributed by atoms with van der Waals surface area (Å²) in [6, 6.07) is 7.00. The lowest BCUT2D eigenvalue weighted by molar-refractivity contribution is -0.518. The number of nitrogens with zero attached hydrogens (tertiary/aromatic N) is 1. The second-order valence-corrected chi connectivity index (χ2v) is 4.07. The Labute approximate surface area is 84.9 Å². The minimum atomic E-state index is -4.60. The molecule has 0 unspecified atom stereocenters. The van der Waals surface area contributed by atoms with Gasteiger partial charge in [-0.05, 0) is 4.83 Å². The summed E-state index contributed by atoms with van der Waals surface area (Å²) in [5.41, 5.74) is -0.133. The Morgan fingerprint density at radius 2 is 1.80 bits per heavy atom. The fourth-order valence-corrected chi connectivity index (χ4v) is 1.59. The molecule has 0 heterocycles. The van der Waals surface area contributed by atoms with E-state index in [-0.39, 0.29) is 5.56 Å². The van der Waals surface area contributed by atoms with Gasteiger partial charge in [0, 0.05) is 5.56 Å². The first kappa shape index (κ1) is 11.1. The molecule has 0 bridgehead atoms. The molecule has 1 rings (SSSR count). The lowest BCUT2D eigenvalue weighted by Crippen LogP contribution is -2.35. The van der Waals surface area contributed by atoms with Crippen molar-refractivity contribution in [2.24, 2.45) is 0 Å². The Hall–Kier alpha value is -1.96. The highest BCUT2D eigenvalue weighted by Gasteiger charge is 2.27. The smallest absolute Gasteiger partial charge is 0.274 e. The van der Waals surface area contributed by atoms with Crippen molar-refractivity contribution in [1.82, 2.24) is 4.83 Å². The maximum absolute atomic E-state index is 11.2. The van der Waals surface area contributed by atoms with E-state index in [1.165, 1.54) is 24.3 Å². The fourth-order valence-electron chi connectivity index (χ4n) is 0.869.